The number of rotatable bonds is 6. The molecule has 2 aromatic rings. The average Bonchev–Trinajstić information content (AvgIpc) is 2.72. The van der Waals surface area contributed by atoms with Crippen LogP contribution in [0.4, 0.5) is 10.2 Å². The Hall–Kier alpha value is -1.94. The molecule has 0 unspecified atom stereocenters. The number of aliphatic imine (C=N–C) groups is 1. The Kier molecular flexibility index (Phi) is 9.59. The van der Waals surface area contributed by atoms with Crippen molar-refractivity contribution in [2.45, 2.75) is 13.0 Å². The van der Waals surface area contributed by atoms with E-state index in [4.69, 9.17) is 0 Å². The van der Waals surface area contributed by atoms with Crippen LogP contribution in [0.1, 0.15) is 11.1 Å². The van der Waals surface area contributed by atoms with E-state index < -0.39 is 0 Å². The summed E-state index contributed by atoms with van der Waals surface area (Å²) >= 11 is 0. The molecular formula is C21H30FIN6. The number of nitrogens with zero attached hydrogens (tertiary/aromatic N) is 4. The van der Waals surface area contributed by atoms with E-state index in [-0.39, 0.29) is 29.8 Å². The van der Waals surface area contributed by atoms with Gasteiger partial charge in [-0.05, 0) is 42.8 Å². The molecule has 0 spiro atoms. The van der Waals surface area contributed by atoms with Crippen LogP contribution in [-0.2, 0) is 13.0 Å². The number of hydrogen-bond acceptors (Lipinski definition) is 4. The van der Waals surface area contributed by atoms with Gasteiger partial charge < -0.3 is 20.4 Å². The van der Waals surface area contributed by atoms with Crippen molar-refractivity contribution in [1.29, 1.82) is 0 Å². The van der Waals surface area contributed by atoms with Crippen LogP contribution in [0.15, 0.2) is 47.6 Å². The Morgan fingerprint density at radius 2 is 1.90 bits per heavy atom. The third kappa shape index (κ3) is 7.11. The molecule has 0 atom stereocenters. The topological polar surface area (TPSA) is 55.8 Å². The lowest BCUT2D eigenvalue weighted by Gasteiger charge is -2.33. The third-order valence-electron chi connectivity index (χ3n) is 4.97. The number of nitrogens with one attached hydrogen (secondary N) is 2. The minimum atomic E-state index is -0.166. The summed E-state index contributed by atoms with van der Waals surface area (Å²) in [6.45, 7) is 5.39. The van der Waals surface area contributed by atoms with Crippen molar-refractivity contribution in [3.8, 4) is 0 Å². The molecular weight excluding hydrogens is 482 g/mol. The van der Waals surface area contributed by atoms with Crippen molar-refractivity contribution in [3.63, 3.8) is 0 Å². The highest BCUT2D eigenvalue weighted by atomic mass is 127. The quantitative estimate of drug-likeness (QED) is 0.354. The summed E-state index contributed by atoms with van der Waals surface area (Å²) in [5.74, 6) is 1.56. The monoisotopic (exact) mass is 512 g/mol. The lowest BCUT2D eigenvalue weighted by atomic mass is 10.1. The van der Waals surface area contributed by atoms with E-state index in [9.17, 15) is 4.39 Å². The highest BCUT2D eigenvalue weighted by molar-refractivity contribution is 14.0. The van der Waals surface area contributed by atoms with Crippen LogP contribution in [0.5, 0.6) is 0 Å². The average molecular weight is 512 g/mol. The molecule has 1 fully saturated rings. The number of piperazine rings is 1. The van der Waals surface area contributed by atoms with E-state index in [0.29, 0.717) is 31.0 Å². The lowest BCUT2D eigenvalue weighted by molar-refractivity contribution is 0.312. The van der Waals surface area contributed by atoms with Crippen LogP contribution in [0.2, 0.25) is 0 Å². The van der Waals surface area contributed by atoms with Crippen molar-refractivity contribution in [3.05, 3.63) is 59.5 Å². The van der Waals surface area contributed by atoms with Gasteiger partial charge in [-0.3, -0.25) is 4.99 Å². The first-order valence-electron chi connectivity index (χ1n) is 9.72. The smallest absolute Gasteiger partial charge is 0.191 e. The van der Waals surface area contributed by atoms with Gasteiger partial charge in [-0.1, -0.05) is 18.2 Å². The molecule has 0 aliphatic carbocycles. The van der Waals surface area contributed by atoms with Crippen LogP contribution in [-0.4, -0.2) is 62.7 Å². The lowest BCUT2D eigenvalue weighted by Crippen LogP contribution is -2.44. The van der Waals surface area contributed by atoms with E-state index in [1.54, 1.807) is 13.1 Å². The summed E-state index contributed by atoms with van der Waals surface area (Å²) in [5, 5.41) is 6.55. The van der Waals surface area contributed by atoms with Gasteiger partial charge in [-0.25, -0.2) is 9.37 Å². The molecule has 2 N–H and O–H groups in total. The first-order chi connectivity index (χ1) is 13.7. The molecule has 8 heteroatoms. The van der Waals surface area contributed by atoms with Crippen LogP contribution >= 0.6 is 24.0 Å². The molecule has 0 bridgehead atoms. The number of likely N-dealkylation sites (N-methyl/N-ethyl adjacent to an activating group) is 1. The van der Waals surface area contributed by atoms with E-state index >= 15 is 0 Å². The second-order valence-electron chi connectivity index (χ2n) is 7.01. The Bertz CT molecular complexity index is 792. The third-order valence-corrected chi connectivity index (χ3v) is 4.97. The zero-order valence-corrected chi connectivity index (χ0v) is 19.4. The highest BCUT2D eigenvalue weighted by Crippen LogP contribution is 2.14. The number of halogens is 2. The van der Waals surface area contributed by atoms with Crippen molar-refractivity contribution < 1.29 is 4.39 Å². The molecule has 0 amide bonds. The Balaban J connectivity index is 0.00000300. The number of pyridine rings is 1. The van der Waals surface area contributed by atoms with Gasteiger partial charge >= 0.3 is 0 Å². The fourth-order valence-corrected chi connectivity index (χ4v) is 3.20. The van der Waals surface area contributed by atoms with Gasteiger partial charge in [0.2, 0.25) is 0 Å². The SMILES string of the molecule is CN=C(NCCc1ccccc1F)NCc1ccnc(N2CCN(C)CC2)c1.I. The van der Waals surface area contributed by atoms with Crippen molar-refractivity contribution in [2.75, 3.05) is 51.7 Å². The Labute approximate surface area is 189 Å². The molecule has 1 aromatic carbocycles. The second kappa shape index (κ2) is 11.9. The van der Waals surface area contributed by atoms with Crippen LogP contribution in [0, 0.1) is 5.82 Å². The molecule has 1 saturated heterocycles. The second-order valence-corrected chi connectivity index (χ2v) is 7.01. The van der Waals surface area contributed by atoms with Gasteiger partial charge in [0.05, 0.1) is 0 Å². The molecule has 6 nitrogen and oxygen atoms in total. The number of benzene rings is 1. The molecule has 0 saturated carbocycles. The maximum atomic E-state index is 13.7. The summed E-state index contributed by atoms with van der Waals surface area (Å²) in [4.78, 5) is 13.4. The number of anilines is 1. The molecule has 3 rings (SSSR count). The van der Waals surface area contributed by atoms with E-state index in [2.05, 4.69) is 43.5 Å². The first-order valence-corrected chi connectivity index (χ1v) is 9.72. The molecule has 158 valence electrons. The highest BCUT2D eigenvalue weighted by Gasteiger charge is 2.15. The summed E-state index contributed by atoms with van der Waals surface area (Å²) < 4.78 is 13.7. The van der Waals surface area contributed by atoms with Gasteiger partial charge in [0, 0.05) is 52.5 Å². The number of aromatic nitrogens is 1. The van der Waals surface area contributed by atoms with Crippen LogP contribution < -0.4 is 15.5 Å². The maximum Gasteiger partial charge on any atom is 0.191 e. The summed E-state index contributed by atoms with van der Waals surface area (Å²) in [6, 6.07) is 11.0. The van der Waals surface area contributed by atoms with Crippen molar-refractivity contribution in [2.24, 2.45) is 4.99 Å². The molecule has 0 radical (unpaired) electrons. The van der Waals surface area contributed by atoms with Gasteiger partial charge in [-0.2, -0.15) is 0 Å². The van der Waals surface area contributed by atoms with Crippen molar-refractivity contribution >= 4 is 35.8 Å². The largest absolute Gasteiger partial charge is 0.356 e. The van der Waals surface area contributed by atoms with Gasteiger partial charge in [-0.15, -0.1) is 24.0 Å². The predicted octanol–water partition coefficient (Wildman–Crippen LogP) is 2.50. The van der Waals surface area contributed by atoms with Gasteiger partial charge in [0.15, 0.2) is 5.96 Å². The molecule has 1 aliphatic heterocycles. The van der Waals surface area contributed by atoms with Gasteiger partial charge in [0.1, 0.15) is 11.6 Å². The van der Waals surface area contributed by atoms with Crippen molar-refractivity contribution in [1.82, 2.24) is 20.5 Å². The zero-order chi connectivity index (χ0) is 19.8. The van der Waals surface area contributed by atoms with Gasteiger partial charge in [0.25, 0.3) is 0 Å². The first kappa shape index (κ1) is 23.3. The summed E-state index contributed by atoms with van der Waals surface area (Å²) in [6.07, 6.45) is 2.47. The van der Waals surface area contributed by atoms with Crippen LogP contribution in [0.25, 0.3) is 0 Å². The Morgan fingerprint density at radius 1 is 1.14 bits per heavy atom. The predicted molar refractivity (Wildman–Crippen MR) is 128 cm³/mol. The summed E-state index contributed by atoms with van der Waals surface area (Å²) in [7, 11) is 3.89. The molecule has 29 heavy (non-hydrogen) atoms. The normalized spacial score (nSPS) is 15.0. The maximum absolute atomic E-state index is 13.7. The molecule has 1 aliphatic rings. The zero-order valence-electron chi connectivity index (χ0n) is 17.1. The van der Waals surface area contributed by atoms with E-state index in [1.807, 2.05) is 24.4 Å². The minimum absolute atomic E-state index is 0. The standard InChI is InChI=1S/C21H29FN6.HI/c1-23-21(25-10-8-18-5-3-4-6-19(18)22)26-16-17-7-9-24-20(15-17)28-13-11-27(2)12-14-28;/h3-7,9,15H,8,10-14,16H2,1-2H3,(H2,23,25,26);1H. The summed E-state index contributed by atoms with van der Waals surface area (Å²) in [5.41, 5.74) is 1.86. The minimum Gasteiger partial charge on any atom is -0.356 e. The van der Waals surface area contributed by atoms with E-state index in [1.165, 1.54) is 6.07 Å². The Morgan fingerprint density at radius 3 is 2.62 bits per heavy atom. The fraction of sp³-hybridized carbons (Fsp3) is 0.429. The van der Waals surface area contributed by atoms with Crippen LogP contribution in [0.3, 0.4) is 0 Å². The molecule has 2 heterocycles. The number of hydrogen-bond donors (Lipinski definition) is 2. The number of guanidine groups is 1. The molecule has 1 aromatic heterocycles. The fourth-order valence-electron chi connectivity index (χ4n) is 3.20. The van der Waals surface area contributed by atoms with E-state index in [0.717, 1.165) is 37.6 Å².